The minimum atomic E-state index is -0.318. The molecular formula is C21H28Cl2N4O2. The first-order valence-electron chi connectivity index (χ1n) is 9.44. The van der Waals surface area contributed by atoms with Crippen LogP contribution in [0.1, 0.15) is 0 Å². The lowest BCUT2D eigenvalue weighted by atomic mass is 10.2. The number of benzene rings is 2. The number of halogens is 2. The van der Waals surface area contributed by atoms with Crippen molar-refractivity contribution < 1.29 is 9.53 Å². The van der Waals surface area contributed by atoms with Gasteiger partial charge in [-0.25, -0.2) is 4.79 Å². The van der Waals surface area contributed by atoms with Crippen LogP contribution in [0.5, 0.6) is 5.75 Å². The third kappa shape index (κ3) is 8.40. The number of carbonyl (C=O) groups is 1. The number of hydrogen-bond acceptors (Lipinski definition) is 4. The molecule has 29 heavy (non-hydrogen) atoms. The van der Waals surface area contributed by atoms with E-state index in [4.69, 9.17) is 27.9 Å². The van der Waals surface area contributed by atoms with Crippen LogP contribution in [0.2, 0.25) is 0 Å². The molecule has 0 bridgehead atoms. The summed E-state index contributed by atoms with van der Waals surface area (Å²) in [4.78, 5) is 16.5. The van der Waals surface area contributed by atoms with Gasteiger partial charge in [0.05, 0.1) is 0 Å². The standard InChI is InChI=1S/C21H28Cl2N4O2/c1-26(2)14-15-29-20-5-3-4-18(16-20)25-21(28)24-17-6-8-19(9-7-17)27(12-10-22)13-11-23/h3-9,16H,10-15H2,1-2H3,(H2,24,25,28). The lowest BCUT2D eigenvalue weighted by Gasteiger charge is -2.23. The Labute approximate surface area is 182 Å². The number of alkyl halides is 2. The van der Waals surface area contributed by atoms with Crippen LogP contribution in [-0.4, -0.2) is 63.0 Å². The molecule has 0 atom stereocenters. The zero-order chi connectivity index (χ0) is 21.1. The van der Waals surface area contributed by atoms with Crippen LogP contribution in [0.4, 0.5) is 21.9 Å². The van der Waals surface area contributed by atoms with Crippen molar-refractivity contribution in [3.63, 3.8) is 0 Å². The number of carbonyl (C=O) groups excluding carboxylic acids is 1. The zero-order valence-corrected chi connectivity index (χ0v) is 18.3. The second kappa shape index (κ2) is 12.4. The first-order chi connectivity index (χ1) is 14.0. The molecule has 0 aliphatic carbocycles. The third-order valence-electron chi connectivity index (χ3n) is 4.10. The van der Waals surface area contributed by atoms with Crippen molar-refractivity contribution in [1.82, 2.24) is 4.90 Å². The summed E-state index contributed by atoms with van der Waals surface area (Å²) in [6.07, 6.45) is 0. The van der Waals surface area contributed by atoms with Crippen LogP contribution >= 0.6 is 23.2 Å². The third-order valence-corrected chi connectivity index (χ3v) is 4.44. The summed E-state index contributed by atoms with van der Waals surface area (Å²) in [6.45, 7) is 2.84. The SMILES string of the molecule is CN(C)CCOc1cccc(NC(=O)Nc2ccc(N(CCCl)CCCl)cc2)c1. The van der Waals surface area contributed by atoms with Crippen molar-refractivity contribution >= 4 is 46.3 Å². The van der Waals surface area contributed by atoms with E-state index >= 15 is 0 Å². The Balaban J connectivity index is 1.90. The van der Waals surface area contributed by atoms with E-state index in [0.717, 1.165) is 12.2 Å². The molecule has 0 aromatic heterocycles. The maximum atomic E-state index is 12.3. The van der Waals surface area contributed by atoms with Crippen molar-refractivity contribution in [2.75, 3.05) is 67.6 Å². The fraction of sp³-hybridized carbons (Fsp3) is 0.381. The van der Waals surface area contributed by atoms with Crippen molar-refractivity contribution in [2.24, 2.45) is 0 Å². The fourth-order valence-electron chi connectivity index (χ4n) is 2.63. The second-order valence-electron chi connectivity index (χ2n) is 6.67. The molecule has 0 fully saturated rings. The van der Waals surface area contributed by atoms with Crippen LogP contribution in [0.3, 0.4) is 0 Å². The normalized spacial score (nSPS) is 10.7. The molecule has 6 nitrogen and oxygen atoms in total. The summed E-state index contributed by atoms with van der Waals surface area (Å²) in [5, 5.41) is 5.65. The Morgan fingerprint density at radius 2 is 1.59 bits per heavy atom. The molecule has 0 aliphatic rings. The minimum Gasteiger partial charge on any atom is -0.492 e. The molecule has 0 spiro atoms. The van der Waals surface area contributed by atoms with Gasteiger partial charge in [-0.15, -0.1) is 23.2 Å². The van der Waals surface area contributed by atoms with Gasteiger partial charge in [0.1, 0.15) is 12.4 Å². The molecule has 2 aromatic rings. The molecule has 2 rings (SSSR count). The van der Waals surface area contributed by atoms with Gasteiger partial charge in [-0.3, -0.25) is 0 Å². The van der Waals surface area contributed by atoms with Crippen LogP contribution in [0.15, 0.2) is 48.5 Å². The van der Waals surface area contributed by atoms with Gasteiger partial charge in [-0.2, -0.15) is 0 Å². The smallest absolute Gasteiger partial charge is 0.323 e. The Morgan fingerprint density at radius 3 is 2.21 bits per heavy atom. The highest BCUT2D eigenvalue weighted by atomic mass is 35.5. The highest BCUT2D eigenvalue weighted by molar-refractivity contribution is 6.18. The largest absolute Gasteiger partial charge is 0.492 e. The molecule has 8 heteroatoms. The highest BCUT2D eigenvalue weighted by Gasteiger charge is 2.07. The van der Waals surface area contributed by atoms with Crippen molar-refractivity contribution in [3.05, 3.63) is 48.5 Å². The van der Waals surface area contributed by atoms with Gasteiger partial charge < -0.3 is 25.2 Å². The molecule has 2 aromatic carbocycles. The summed E-state index contributed by atoms with van der Waals surface area (Å²) in [5.41, 5.74) is 2.37. The van der Waals surface area contributed by atoms with E-state index in [0.29, 0.717) is 48.6 Å². The summed E-state index contributed by atoms with van der Waals surface area (Å²) in [5.74, 6) is 1.77. The Hall–Kier alpha value is -2.15. The second-order valence-corrected chi connectivity index (χ2v) is 7.43. The van der Waals surface area contributed by atoms with Gasteiger partial charge >= 0.3 is 6.03 Å². The molecule has 0 aliphatic heterocycles. The molecular weight excluding hydrogens is 411 g/mol. The Kier molecular flexibility index (Phi) is 9.91. The predicted molar refractivity (Wildman–Crippen MR) is 123 cm³/mol. The van der Waals surface area contributed by atoms with Gasteiger partial charge in [0.15, 0.2) is 0 Å². The number of urea groups is 1. The van der Waals surface area contributed by atoms with Gasteiger partial charge in [-0.1, -0.05) is 6.07 Å². The van der Waals surface area contributed by atoms with E-state index in [9.17, 15) is 4.79 Å². The average molecular weight is 439 g/mol. The number of nitrogens with one attached hydrogen (secondary N) is 2. The molecule has 0 unspecified atom stereocenters. The number of hydrogen-bond donors (Lipinski definition) is 2. The lowest BCUT2D eigenvalue weighted by Crippen LogP contribution is -2.27. The molecule has 0 radical (unpaired) electrons. The Bertz CT molecular complexity index is 751. The highest BCUT2D eigenvalue weighted by Crippen LogP contribution is 2.20. The number of rotatable bonds is 11. The van der Waals surface area contributed by atoms with Gasteiger partial charge in [0, 0.05) is 54.5 Å². The summed E-state index contributed by atoms with van der Waals surface area (Å²) in [6, 6.07) is 14.6. The fourth-order valence-corrected chi connectivity index (χ4v) is 3.04. The zero-order valence-electron chi connectivity index (χ0n) is 16.8. The maximum absolute atomic E-state index is 12.3. The van der Waals surface area contributed by atoms with Crippen molar-refractivity contribution in [2.45, 2.75) is 0 Å². The van der Waals surface area contributed by atoms with Crippen LogP contribution in [0, 0.1) is 0 Å². The van der Waals surface area contributed by atoms with Crippen LogP contribution in [0.25, 0.3) is 0 Å². The van der Waals surface area contributed by atoms with E-state index in [1.54, 1.807) is 6.07 Å². The van der Waals surface area contributed by atoms with Crippen LogP contribution < -0.4 is 20.3 Å². The summed E-state index contributed by atoms with van der Waals surface area (Å²) >= 11 is 11.7. The van der Waals surface area contributed by atoms with Crippen LogP contribution in [-0.2, 0) is 0 Å². The molecule has 158 valence electrons. The number of likely N-dealkylation sites (N-methyl/N-ethyl adjacent to an activating group) is 1. The first kappa shape index (κ1) is 23.1. The number of amides is 2. The Morgan fingerprint density at radius 1 is 0.931 bits per heavy atom. The maximum Gasteiger partial charge on any atom is 0.323 e. The van der Waals surface area contributed by atoms with Crippen molar-refractivity contribution in [1.29, 1.82) is 0 Å². The molecule has 2 N–H and O–H groups in total. The first-order valence-corrected chi connectivity index (χ1v) is 10.5. The average Bonchev–Trinajstić information content (AvgIpc) is 2.68. The van der Waals surface area contributed by atoms with Gasteiger partial charge in [0.25, 0.3) is 0 Å². The summed E-state index contributed by atoms with van der Waals surface area (Å²) in [7, 11) is 3.98. The number of nitrogens with zero attached hydrogens (tertiary/aromatic N) is 2. The predicted octanol–water partition coefficient (Wildman–Crippen LogP) is 4.56. The molecule has 2 amide bonds. The van der Waals surface area contributed by atoms with E-state index in [1.807, 2.05) is 61.5 Å². The van der Waals surface area contributed by atoms with E-state index in [-0.39, 0.29) is 6.03 Å². The molecule has 0 saturated heterocycles. The quantitative estimate of drug-likeness (QED) is 0.505. The number of anilines is 3. The molecule has 0 heterocycles. The summed E-state index contributed by atoms with van der Waals surface area (Å²) < 4.78 is 5.70. The van der Waals surface area contributed by atoms with Gasteiger partial charge in [-0.05, 0) is 50.5 Å². The number of ether oxygens (including phenoxy) is 1. The van der Waals surface area contributed by atoms with Gasteiger partial charge in [0.2, 0.25) is 0 Å². The minimum absolute atomic E-state index is 0.318. The molecule has 0 saturated carbocycles. The lowest BCUT2D eigenvalue weighted by molar-refractivity contribution is 0.261. The topological polar surface area (TPSA) is 56.8 Å². The monoisotopic (exact) mass is 438 g/mol. The van der Waals surface area contributed by atoms with E-state index in [2.05, 4.69) is 15.5 Å². The van der Waals surface area contributed by atoms with E-state index in [1.165, 1.54) is 0 Å². The van der Waals surface area contributed by atoms with E-state index < -0.39 is 0 Å². The van der Waals surface area contributed by atoms with Crippen molar-refractivity contribution in [3.8, 4) is 5.75 Å².